The molecule has 3 rings (SSSR count). The predicted octanol–water partition coefficient (Wildman–Crippen LogP) is 3.41. The lowest BCUT2D eigenvalue weighted by atomic mass is 9.99. The van der Waals surface area contributed by atoms with Crippen LogP contribution in [0.3, 0.4) is 0 Å². The Morgan fingerprint density at radius 1 is 0.800 bits per heavy atom. The van der Waals surface area contributed by atoms with Crippen molar-refractivity contribution < 1.29 is 0 Å². The van der Waals surface area contributed by atoms with Crippen LogP contribution in [0.2, 0.25) is 0 Å². The number of allylic oxidation sites excluding steroid dienone is 2. The van der Waals surface area contributed by atoms with Crippen molar-refractivity contribution in [3.8, 4) is 0 Å². The topological polar surface area (TPSA) is 24.7 Å². The molecule has 2 heterocycles. The Morgan fingerprint density at radius 2 is 1.27 bits per heavy atom. The Morgan fingerprint density at radius 3 is 1.67 bits per heavy atom. The van der Waals surface area contributed by atoms with Gasteiger partial charge in [0.1, 0.15) is 0 Å². The highest BCUT2D eigenvalue weighted by molar-refractivity contribution is 5.96. The maximum Gasteiger partial charge on any atom is 0.0502 e. The van der Waals surface area contributed by atoms with E-state index < -0.39 is 0 Å². The lowest BCUT2D eigenvalue weighted by Crippen LogP contribution is -1.97. The number of nitrogens with zero attached hydrogens (tertiary/aromatic N) is 2. The summed E-state index contributed by atoms with van der Waals surface area (Å²) in [4.78, 5) is 9.37. The van der Waals surface area contributed by atoms with E-state index in [0.29, 0.717) is 0 Å². The monoisotopic (exact) mass is 200 g/mol. The molecule has 0 aromatic carbocycles. The van der Waals surface area contributed by atoms with Crippen molar-refractivity contribution in [3.63, 3.8) is 0 Å². The van der Waals surface area contributed by atoms with Crippen molar-refractivity contribution in [1.82, 2.24) is 0 Å². The van der Waals surface area contributed by atoms with Crippen LogP contribution in [0.25, 0.3) is 0 Å². The first-order valence-corrected chi connectivity index (χ1v) is 5.89. The van der Waals surface area contributed by atoms with E-state index in [4.69, 9.17) is 0 Å². The smallest absolute Gasteiger partial charge is 0.0502 e. The van der Waals surface area contributed by atoms with Crippen molar-refractivity contribution in [2.45, 2.75) is 46.0 Å². The van der Waals surface area contributed by atoms with Gasteiger partial charge in [0.15, 0.2) is 0 Å². The SMILES string of the molecule is CCC1=NC2=C(C1)C1=C(C2)N=C(CC)C1. The van der Waals surface area contributed by atoms with Crippen LogP contribution in [0.1, 0.15) is 46.0 Å². The van der Waals surface area contributed by atoms with Gasteiger partial charge in [0.2, 0.25) is 0 Å². The Kier molecular flexibility index (Phi) is 1.91. The van der Waals surface area contributed by atoms with E-state index in [2.05, 4.69) is 23.8 Å². The van der Waals surface area contributed by atoms with Gasteiger partial charge in [-0.2, -0.15) is 0 Å². The van der Waals surface area contributed by atoms with Crippen molar-refractivity contribution in [2.24, 2.45) is 9.98 Å². The Hall–Kier alpha value is -1.18. The second-order valence-corrected chi connectivity index (χ2v) is 4.44. The molecule has 2 aliphatic heterocycles. The molecule has 0 amide bonds. The molecule has 1 aliphatic carbocycles. The molecule has 0 aromatic heterocycles. The predicted molar refractivity (Wildman–Crippen MR) is 63.4 cm³/mol. The van der Waals surface area contributed by atoms with Gasteiger partial charge in [-0.05, 0) is 24.0 Å². The highest BCUT2D eigenvalue weighted by atomic mass is 14.9. The summed E-state index contributed by atoms with van der Waals surface area (Å²) >= 11 is 0. The second kappa shape index (κ2) is 3.16. The van der Waals surface area contributed by atoms with Gasteiger partial charge < -0.3 is 0 Å². The molecular formula is C13H16N2. The third-order valence-corrected chi connectivity index (χ3v) is 3.56. The summed E-state index contributed by atoms with van der Waals surface area (Å²) in [5, 5.41) is 0. The minimum absolute atomic E-state index is 0.998. The van der Waals surface area contributed by atoms with Crippen molar-refractivity contribution in [3.05, 3.63) is 22.5 Å². The number of hydrogen-bond acceptors (Lipinski definition) is 2. The summed E-state index contributed by atoms with van der Waals surface area (Å²) in [6.07, 6.45) is 5.38. The molecule has 0 fully saturated rings. The summed E-state index contributed by atoms with van der Waals surface area (Å²) in [6.45, 7) is 4.39. The molecule has 0 spiro atoms. The van der Waals surface area contributed by atoms with E-state index >= 15 is 0 Å². The molecule has 2 nitrogen and oxygen atoms in total. The molecule has 0 saturated carbocycles. The van der Waals surface area contributed by atoms with E-state index in [-0.39, 0.29) is 0 Å². The standard InChI is InChI=1S/C13H16N2/c1-3-8-5-10-11-6-9(4-2)15-13(11)7-12(10)14-8/h3-7H2,1-2H3. The fourth-order valence-electron chi connectivity index (χ4n) is 2.63. The van der Waals surface area contributed by atoms with Crippen molar-refractivity contribution in [1.29, 1.82) is 0 Å². The van der Waals surface area contributed by atoms with Crippen molar-refractivity contribution >= 4 is 11.4 Å². The minimum atomic E-state index is 0.998. The molecule has 15 heavy (non-hydrogen) atoms. The largest absolute Gasteiger partial charge is 0.261 e. The summed E-state index contributed by atoms with van der Waals surface area (Å²) in [5.74, 6) is 0. The maximum atomic E-state index is 4.69. The molecule has 0 saturated heterocycles. The summed E-state index contributed by atoms with van der Waals surface area (Å²) in [6, 6.07) is 0. The van der Waals surface area contributed by atoms with E-state index in [0.717, 1.165) is 32.1 Å². The third-order valence-electron chi connectivity index (χ3n) is 3.56. The molecule has 3 aliphatic rings. The fourth-order valence-corrected chi connectivity index (χ4v) is 2.63. The van der Waals surface area contributed by atoms with Crippen LogP contribution in [0.5, 0.6) is 0 Å². The summed E-state index contributed by atoms with van der Waals surface area (Å²) in [7, 11) is 0. The minimum Gasteiger partial charge on any atom is -0.261 e. The molecule has 0 N–H and O–H groups in total. The molecule has 0 unspecified atom stereocenters. The highest BCUT2D eigenvalue weighted by Crippen LogP contribution is 2.44. The van der Waals surface area contributed by atoms with Gasteiger partial charge in [0, 0.05) is 30.7 Å². The van der Waals surface area contributed by atoms with Crippen LogP contribution in [0.15, 0.2) is 32.5 Å². The number of rotatable bonds is 2. The summed E-state index contributed by atoms with van der Waals surface area (Å²) < 4.78 is 0. The Bertz CT molecular complexity index is 405. The van der Waals surface area contributed by atoms with Gasteiger partial charge in [0.25, 0.3) is 0 Å². The van der Waals surface area contributed by atoms with Gasteiger partial charge in [0.05, 0.1) is 11.4 Å². The quantitative estimate of drug-likeness (QED) is 0.652. The lowest BCUT2D eigenvalue weighted by Gasteiger charge is -2.02. The van der Waals surface area contributed by atoms with Crippen molar-refractivity contribution in [2.75, 3.05) is 0 Å². The zero-order valence-electron chi connectivity index (χ0n) is 9.43. The van der Waals surface area contributed by atoms with Crippen LogP contribution >= 0.6 is 0 Å². The Balaban J connectivity index is 1.83. The molecule has 0 aromatic rings. The van der Waals surface area contributed by atoms with Gasteiger partial charge in [-0.25, -0.2) is 0 Å². The number of aliphatic imine (C=N–C) groups is 2. The van der Waals surface area contributed by atoms with Gasteiger partial charge >= 0.3 is 0 Å². The highest BCUT2D eigenvalue weighted by Gasteiger charge is 2.32. The first-order chi connectivity index (χ1) is 7.31. The van der Waals surface area contributed by atoms with E-state index in [9.17, 15) is 0 Å². The molecule has 0 atom stereocenters. The zero-order chi connectivity index (χ0) is 10.4. The fraction of sp³-hybridized carbons (Fsp3) is 0.538. The number of fused-ring (bicyclic) bond motifs is 1. The molecular weight excluding hydrogens is 184 g/mol. The van der Waals surface area contributed by atoms with Gasteiger partial charge in [-0.15, -0.1) is 0 Å². The maximum absolute atomic E-state index is 4.69. The molecule has 2 heteroatoms. The van der Waals surface area contributed by atoms with Gasteiger partial charge in [-0.3, -0.25) is 9.98 Å². The van der Waals surface area contributed by atoms with E-state index in [1.165, 1.54) is 34.0 Å². The first kappa shape index (κ1) is 9.08. The van der Waals surface area contributed by atoms with Gasteiger partial charge in [-0.1, -0.05) is 13.8 Å². The van der Waals surface area contributed by atoms with E-state index in [1.807, 2.05) is 0 Å². The summed E-state index contributed by atoms with van der Waals surface area (Å²) in [5.41, 5.74) is 8.36. The molecule has 0 bridgehead atoms. The molecule has 78 valence electrons. The van der Waals surface area contributed by atoms with Crippen LogP contribution in [0, 0.1) is 0 Å². The lowest BCUT2D eigenvalue weighted by molar-refractivity contribution is 1.08. The second-order valence-electron chi connectivity index (χ2n) is 4.44. The van der Waals surface area contributed by atoms with Crippen LogP contribution in [-0.2, 0) is 0 Å². The zero-order valence-corrected chi connectivity index (χ0v) is 9.43. The van der Waals surface area contributed by atoms with Crippen LogP contribution < -0.4 is 0 Å². The average molecular weight is 200 g/mol. The first-order valence-electron chi connectivity index (χ1n) is 5.89. The third kappa shape index (κ3) is 1.24. The van der Waals surface area contributed by atoms with E-state index in [1.54, 1.807) is 0 Å². The molecule has 0 radical (unpaired) electrons. The van der Waals surface area contributed by atoms with Crippen LogP contribution in [0.4, 0.5) is 0 Å². The van der Waals surface area contributed by atoms with Crippen LogP contribution in [-0.4, -0.2) is 11.4 Å². The Labute approximate surface area is 90.5 Å². The average Bonchev–Trinajstić information content (AvgIpc) is 2.85. The number of hydrogen-bond donors (Lipinski definition) is 0. The normalized spacial score (nSPS) is 23.3.